The molecule has 0 unspecified atom stereocenters. The third-order valence-electron chi connectivity index (χ3n) is 4.69. The monoisotopic (exact) mass is 438 g/mol. The Kier molecular flexibility index (Phi) is 7.15. The van der Waals surface area contributed by atoms with Crippen molar-refractivity contribution in [1.29, 1.82) is 0 Å². The number of nitrogens with one attached hydrogen (secondary N) is 1. The highest BCUT2D eigenvalue weighted by atomic mass is 16.6. The molecule has 2 atom stereocenters. The van der Waals surface area contributed by atoms with E-state index < -0.39 is 17.7 Å². The predicted molar refractivity (Wildman–Crippen MR) is 120 cm³/mol. The number of rotatable bonds is 7. The quantitative estimate of drug-likeness (QED) is 0.587. The molecule has 1 aromatic heterocycles. The summed E-state index contributed by atoms with van der Waals surface area (Å²) in [7, 11) is 5.46. The van der Waals surface area contributed by atoms with Crippen LogP contribution in [0.25, 0.3) is 0 Å². The predicted octanol–water partition coefficient (Wildman–Crippen LogP) is 4.34. The Hall–Kier alpha value is -3.39. The molecule has 3 rings (SSSR count). The molecule has 0 saturated carbocycles. The SMILES string of the molecule is COc1ccccc1[C@@H](NC(=O)OC(C)(C)C)c1noc([C@H](c2ccccc2)N(C)C)n1. The van der Waals surface area contributed by atoms with Gasteiger partial charge in [-0.1, -0.05) is 53.7 Å². The minimum Gasteiger partial charge on any atom is -0.496 e. The van der Waals surface area contributed by atoms with Crippen LogP contribution >= 0.6 is 0 Å². The van der Waals surface area contributed by atoms with Crippen LogP contribution in [0.5, 0.6) is 5.75 Å². The molecule has 0 aliphatic carbocycles. The molecule has 170 valence electrons. The number of nitrogens with zero attached hydrogens (tertiary/aromatic N) is 3. The molecule has 0 fully saturated rings. The number of benzene rings is 2. The molecule has 3 aromatic rings. The third kappa shape index (κ3) is 5.64. The van der Waals surface area contributed by atoms with Crippen LogP contribution in [-0.2, 0) is 4.74 Å². The molecule has 8 nitrogen and oxygen atoms in total. The first kappa shape index (κ1) is 23.3. The Morgan fingerprint density at radius 3 is 2.34 bits per heavy atom. The summed E-state index contributed by atoms with van der Waals surface area (Å²) < 4.78 is 16.6. The van der Waals surface area contributed by atoms with Crippen LogP contribution in [-0.4, -0.2) is 47.9 Å². The number of hydrogen-bond acceptors (Lipinski definition) is 7. The summed E-state index contributed by atoms with van der Waals surface area (Å²) in [6, 6.07) is 16.3. The largest absolute Gasteiger partial charge is 0.496 e. The lowest BCUT2D eigenvalue weighted by Gasteiger charge is -2.23. The van der Waals surface area contributed by atoms with Gasteiger partial charge in [0.25, 0.3) is 0 Å². The molecule has 1 N–H and O–H groups in total. The number of amides is 1. The number of para-hydroxylation sites is 1. The van der Waals surface area contributed by atoms with E-state index >= 15 is 0 Å². The highest BCUT2D eigenvalue weighted by molar-refractivity contribution is 5.69. The summed E-state index contributed by atoms with van der Waals surface area (Å²) >= 11 is 0. The van der Waals surface area contributed by atoms with Crippen molar-refractivity contribution in [3.63, 3.8) is 0 Å². The van der Waals surface area contributed by atoms with Crippen molar-refractivity contribution in [3.8, 4) is 5.75 Å². The average molecular weight is 439 g/mol. The number of carbonyl (C=O) groups is 1. The highest BCUT2D eigenvalue weighted by Gasteiger charge is 2.30. The van der Waals surface area contributed by atoms with Gasteiger partial charge in [0.05, 0.1) is 7.11 Å². The van der Waals surface area contributed by atoms with E-state index in [2.05, 4.69) is 15.5 Å². The summed E-state index contributed by atoms with van der Waals surface area (Å²) in [5.41, 5.74) is 1.05. The third-order valence-corrected chi connectivity index (χ3v) is 4.69. The second-order valence-electron chi connectivity index (χ2n) is 8.59. The average Bonchev–Trinajstić information content (AvgIpc) is 3.20. The van der Waals surface area contributed by atoms with Gasteiger partial charge in [-0.25, -0.2) is 4.79 Å². The maximum atomic E-state index is 12.6. The van der Waals surface area contributed by atoms with Crippen molar-refractivity contribution in [3.05, 3.63) is 77.4 Å². The number of carbonyl (C=O) groups excluding carboxylic acids is 1. The van der Waals surface area contributed by atoms with Crippen molar-refractivity contribution in [1.82, 2.24) is 20.4 Å². The fraction of sp³-hybridized carbons (Fsp3) is 0.375. The molecule has 32 heavy (non-hydrogen) atoms. The van der Waals surface area contributed by atoms with Crippen LogP contribution in [0.15, 0.2) is 59.1 Å². The number of methoxy groups -OCH3 is 1. The van der Waals surface area contributed by atoms with Gasteiger partial charge >= 0.3 is 6.09 Å². The molecular formula is C24H30N4O4. The Morgan fingerprint density at radius 1 is 1.06 bits per heavy atom. The Morgan fingerprint density at radius 2 is 1.72 bits per heavy atom. The Balaban J connectivity index is 2.00. The van der Waals surface area contributed by atoms with Gasteiger partial charge in [0.1, 0.15) is 23.4 Å². The van der Waals surface area contributed by atoms with Gasteiger partial charge in [-0.05, 0) is 46.5 Å². The standard InChI is InChI=1S/C24H30N4O4/c1-24(2,3)31-23(29)25-19(17-14-10-11-15-18(17)30-6)21-26-22(32-27-21)20(28(4)5)16-12-8-7-9-13-16/h7-15,19-20H,1-6H3,(H,25,29)/t19-,20+/m1/s1. The summed E-state index contributed by atoms with van der Waals surface area (Å²) in [4.78, 5) is 19.3. The normalized spacial score (nSPS) is 13.5. The van der Waals surface area contributed by atoms with E-state index in [1.807, 2.05) is 73.6 Å². The lowest BCUT2D eigenvalue weighted by molar-refractivity contribution is 0.0509. The molecule has 0 aliphatic heterocycles. The van der Waals surface area contributed by atoms with Crippen LogP contribution in [0.2, 0.25) is 0 Å². The van der Waals surface area contributed by atoms with Gasteiger partial charge in [0.15, 0.2) is 5.82 Å². The fourth-order valence-corrected chi connectivity index (χ4v) is 3.38. The number of alkyl carbamates (subject to hydrolysis) is 1. The zero-order valence-electron chi connectivity index (χ0n) is 19.3. The van der Waals surface area contributed by atoms with Crippen molar-refractivity contribution in [2.45, 2.75) is 38.5 Å². The fourth-order valence-electron chi connectivity index (χ4n) is 3.38. The maximum absolute atomic E-state index is 12.6. The van der Waals surface area contributed by atoms with Crippen LogP contribution in [0, 0.1) is 0 Å². The lowest BCUT2D eigenvalue weighted by atomic mass is 10.0. The maximum Gasteiger partial charge on any atom is 0.408 e. The van der Waals surface area contributed by atoms with E-state index in [1.54, 1.807) is 27.9 Å². The Labute approximate surface area is 188 Å². The first-order chi connectivity index (χ1) is 15.2. The number of aromatic nitrogens is 2. The van der Waals surface area contributed by atoms with E-state index in [1.165, 1.54) is 0 Å². The summed E-state index contributed by atoms with van der Waals surface area (Å²) in [6.45, 7) is 5.41. The van der Waals surface area contributed by atoms with Gasteiger partial charge in [-0.2, -0.15) is 4.98 Å². The molecule has 0 spiro atoms. The van der Waals surface area contributed by atoms with E-state index in [0.717, 1.165) is 5.56 Å². The van der Waals surface area contributed by atoms with Crippen molar-refractivity contribution in [2.75, 3.05) is 21.2 Å². The molecular weight excluding hydrogens is 408 g/mol. The summed E-state index contributed by atoms with van der Waals surface area (Å²) in [5.74, 6) is 1.31. The highest BCUT2D eigenvalue weighted by Crippen LogP contribution is 2.31. The second-order valence-corrected chi connectivity index (χ2v) is 8.59. The van der Waals surface area contributed by atoms with E-state index in [-0.39, 0.29) is 6.04 Å². The van der Waals surface area contributed by atoms with Crippen LogP contribution in [0.1, 0.15) is 55.7 Å². The minimum atomic E-state index is -0.725. The molecule has 0 saturated heterocycles. The van der Waals surface area contributed by atoms with Crippen LogP contribution in [0.4, 0.5) is 4.79 Å². The summed E-state index contributed by atoms with van der Waals surface area (Å²) in [5, 5.41) is 7.07. The van der Waals surface area contributed by atoms with Gasteiger partial charge in [0.2, 0.25) is 5.89 Å². The molecule has 0 bridgehead atoms. The van der Waals surface area contributed by atoms with E-state index in [9.17, 15) is 4.79 Å². The van der Waals surface area contributed by atoms with Crippen LogP contribution in [0.3, 0.4) is 0 Å². The second kappa shape index (κ2) is 9.82. The van der Waals surface area contributed by atoms with Gasteiger partial charge in [-0.3, -0.25) is 4.90 Å². The topological polar surface area (TPSA) is 89.7 Å². The summed E-state index contributed by atoms with van der Waals surface area (Å²) in [6.07, 6.45) is -0.591. The molecule has 1 amide bonds. The molecule has 2 aromatic carbocycles. The van der Waals surface area contributed by atoms with Crippen LogP contribution < -0.4 is 10.1 Å². The molecule has 0 aliphatic rings. The smallest absolute Gasteiger partial charge is 0.408 e. The number of ether oxygens (including phenoxy) is 2. The molecule has 8 heteroatoms. The van der Waals surface area contributed by atoms with Gasteiger partial charge in [-0.15, -0.1) is 0 Å². The first-order valence-electron chi connectivity index (χ1n) is 10.4. The van der Waals surface area contributed by atoms with Crippen molar-refractivity contribution >= 4 is 6.09 Å². The minimum absolute atomic E-state index is 0.239. The molecule has 0 radical (unpaired) electrons. The lowest BCUT2D eigenvalue weighted by Crippen LogP contribution is -2.36. The van der Waals surface area contributed by atoms with Crippen molar-refractivity contribution < 1.29 is 18.8 Å². The number of hydrogen-bond donors (Lipinski definition) is 1. The Bertz CT molecular complexity index is 1030. The first-order valence-corrected chi connectivity index (χ1v) is 10.4. The van der Waals surface area contributed by atoms with Gasteiger partial charge in [0, 0.05) is 5.56 Å². The van der Waals surface area contributed by atoms with E-state index in [0.29, 0.717) is 23.0 Å². The zero-order valence-corrected chi connectivity index (χ0v) is 19.3. The molecule has 1 heterocycles. The van der Waals surface area contributed by atoms with Gasteiger partial charge < -0.3 is 19.3 Å². The zero-order chi connectivity index (χ0) is 23.3. The van der Waals surface area contributed by atoms with E-state index in [4.69, 9.17) is 14.0 Å². The van der Waals surface area contributed by atoms with Crippen molar-refractivity contribution in [2.24, 2.45) is 0 Å².